The minimum absolute atomic E-state index is 0.535. The van der Waals surface area contributed by atoms with E-state index in [0.717, 1.165) is 6.54 Å². The number of hydrogen-bond acceptors (Lipinski definition) is 2. The Bertz CT molecular complexity index is 323. The fraction of sp³-hybridized carbons (Fsp3) is 0.727. The topological polar surface area (TPSA) is 40.7 Å². The lowest BCUT2D eigenvalue weighted by molar-refractivity contribution is 0.610. The van der Waals surface area contributed by atoms with E-state index in [2.05, 4.69) is 15.5 Å². The van der Waals surface area contributed by atoms with Gasteiger partial charge in [-0.1, -0.05) is 0 Å². The van der Waals surface area contributed by atoms with E-state index in [9.17, 15) is 0 Å². The van der Waals surface area contributed by atoms with Gasteiger partial charge in [-0.25, -0.2) is 0 Å². The van der Waals surface area contributed by atoms with Crippen molar-refractivity contribution < 1.29 is 0 Å². The molecule has 1 aliphatic heterocycles. The van der Waals surface area contributed by atoms with E-state index in [1.54, 1.807) is 0 Å². The summed E-state index contributed by atoms with van der Waals surface area (Å²) in [6.45, 7) is 1.16. The summed E-state index contributed by atoms with van der Waals surface area (Å²) < 4.78 is 0. The number of fused-ring (bicyclic) bond motifs is 1. The van der Waals surface area contributed by atoms with E-state index in [4.69, 9.17) is 0 Å². The van der Waals surface area contributed by atoms with Gasteiger partial charge < -0.3 is 5.32 Å². The lowest BCUT2D eigenvalue weighted by Crippen LogP contribution is -2.15. The van der Waals surface area contributed by atoms with Gasteiger partial charge in [-0.15, -0.1) is 0 Å². The number of nitrogens with one attached hydrogen (secondary N) is 2. The SMILES string of the molecule is C1CCc2c([C@@H]3CCCN3)n[nH]c2C1. The third-order valence-electron chi connectivity index (χ3n) is 3.48. The van der Waals surface area contributed by atoms with Crippen LogP contribution in [0.1, 0.15) is 48.7 Å². The van der Waals surface area contributed by atoms with E-state index >= 15 is 0 Å². The van der Waals surface area contributed by atoms with Crippen molar-refractivity contribution in [3.8, 4) is 0 Å². The molecule has 76 valence electrons. The van der Waals surface area contributed by atoms with E-state index < -0.39 is 0 Å². The third kappa shape index (κ3) is 1.27. The van der Waals surface area contributed by atoms with Crippen molar-refractivity contribution in [1.29, 1.82) is 0 Å². The fourth-order valence-electron chi connectivity index (χ4n) is 2.71. The van der Waals surface area contributed by atoms with Crippen molar-refractivity contribution in [3.63, 3.8) is 0 Å². The highest BCUT2D eigenvalue weighted by Crippen LogP contribution is 2.29. The Kier molecular flexibility index (Phi) is 2.05. The zero-order valence-electron chi connectivity index (χ0n) is 8.47. The molecule has 1 aromatic heterocycles. The largest absolute Gasteiger partial charge is 0.309 e. The molecule has 2 N–H and O–H groups in total. The molecule has 3 rings (SSSR count). The van der Waals surface area contributed by atoms with Gasteiger partial charge >= 0.3 is 0 Å². The predicted molar refractivity (Wildman–Crippen MR) is 55.2 cm³/mol. The Hall–Kier alpha value is -0.830. The van der Waals surface area contributed by atoms with Crippen molar-refractivity contribution in [3.05, 3.63) is 17.0 Å². The molecule has 0 saturated carbocycles. The Labute approximate surface area is 84.3 Å². The molecule has 0 unspecified atom stereocenters. The smallest absolute Gasteiger partial charge is 0.0826 e. The monoisotopic (exact) mass is 191 g/mol. The number of aromatic amines is 1. The van der Waals surface area contributed by atoms with Gasteiger partial charge in [0.05, 0.1) is 11.7 Å². The summed E-state index contributed by atoms with van der Waals surface area (Å²) in [4.78, 5) is 0. The molecule has 0 amide bonds. The molecule has 1 aliphatic carbocycles. The van der Waals surface area contributed by atoms with Crippen molar-refractivity contribution in [2.45, 2.75) is 44.6 Å². The van der Waals surface area contributed by atoms with Gasteiger partial charge in [0.15, 0.2) is 0 Å². The number of H-pyrrole nitrogens is 1. The third-order valence-corrected chi connectivity index (χ3v) is 3.48. The highest BCUT2D eigenvalue weighted by Gasteiger charge is 2.25. The Morgan fingerprint density at radius 1 is 1.14 bits per heavy atom. The Morgan fingerprint density at radius 3 is 2.93 bits per heavy atom. The molecular formula is C11H17N3. The van der Waals surface area contributed by atoms with Crippen LogP contribution in [0.5, 0.6) is 0 Å². The van der Waals surface area contributed by atoms with Gasteiger partial charge in [0, 0.05) is 5.69 Å². The van der Waals surface area contributed by atoms with Crippen LogP contribution in [0.3, 0.4) is 0 Å². The molecule has 1 aromatic rings. The number of aromatic nitrogens is 2. The van der Waals surface area contributed by atoms with Gasteiger partial charge in [-0.2, -0.15) is 5.10 Å². The highest BCUT2D eigenvalue weighted by atomic mass is 15.1. The lowest BCUT2D eigenvalue weighted by Gasteiger charge is -2.14. The second-order valence-electron chi connectivity index (χ2n) is 4.42. The van der Waals surface area contributed by atoms with Crippen LogP contribution in [-0.4, -0.2) is 16.7 Å². The van der Waals surface area contributed by atoms with Crippen molar-refractivity contribution >= 4 is 0 Å². The molecule has 0 spiro atoms. The molecule has 3 nitrogen and oxygen atoms in total. The molecule has 0 bridgehead atoms. The van der Waals surface area contributed by atoms with Crippen LogP contribution < -0.4 is 5.32 Å². The second kappa shape index (κ2) is 3.39. The molecule has 3 heteroatoms. The van der Waals surface area contributed by atoms with Gasteiger partial charge in [-0.3, -0.25) is 5.10 Å². The van der Waals surface area contributed by atoms with E-state index in [1.165, 1.54) is 55.5 Å². The molecule has 1 saturated heterocycles. The Balaban J connectivity index is 1.93. The van der Waals surface area contributed by atoms with Crippen LogP contribution in [0.25, 0.3) is 0 Å². The van der Waals surface area contributed by atoms with Gasteiger partial charge in [0.2, 0.25) is 0 Å². The van der Waals surface area contributed by atoms with Gasteiger partial charge in [0.1, 0.15) is 0 Å². The van der Waals surface area contributed by atoms with E-state index in [1.807, 2.05) is 0 Å². The van der Waals surface area contributed by atoms with E-state index in [0.29, 0.717) is 6.04 Å². The summed E-state index contributed by atoms with van der Waals surface area (Å²) in [5.74, 6) is 0. The summed E-state index contributed by atoms with van der Waals surface area (Å²) >= 11 is 0. The first-order chi connectivity index (χ1) is 6.95. The highest BCUT2D eigenvalue weighted by molar-refractivity contribution is 5.30. The maximum atomic E-state index is 4.49. The first kappa shape index (κ1) is 8.48. The number of nitrogens with zero attached hydrogens (tertiary/aromatic N) is 1. The lowest BCUT2D eigenvalue weighted by atomic mass is 9.93. The molecule has 14 heavy (non-hydrogen) atoms. The molecule has 0 radical (unpaired) electrons. The molecule has 1 atom stereocenters. The molecule has 0 aromatic carbocycles. The van der Waals surface area contributed by atoms with E-state index in [-0.39, 0.29) is 0 Å². The van der Waals surface area contributed by atoms with Crippen molar-refractivity contribution in [2.75, 3.05) is 6.54 Å². The van der Waals surface area contributed by atoms with Crippen molar-refractivity contribution in [2.24, 2.45) is 0 Å². The van der Waals surface area contributed by atoms with Crippen LogP contribution in [0.15, 0.2) is 0 Å². The average Bonchev–Trinajstić information content (AvgIpc) is 2.85. The molecule has 2 aliphatic rings. The fourth-order valence-corrected chi connectivity index (χ4v) is 2.71. The van der Waals surface area contributed by atoms with Crippen LogP contribution in [0.4, 0.5) is 0 Å². The molecule has 2 heterocycles. The molecule has 1 fully saturated rings. The summed E-state index contributed by atoms with van der Waals surface area (Å²) in [5.41, 5.74) is 4.24. The van der Waals surface area contributed by atoms with Crippen LogP contribution >= 0.6 is 0 Å². The second-order valence-corrected chi connectivity index (χ2v) is 4.42. The average molecular weight is 191 g/mol. The van der Waals surface area contributed by atoms with Gasteiger partial charge in [-0.05, 0) is 50.6 Å². The number of aryl methyl sites for hydroxylation is 1. The van der Waals surface area contributed by atoms with Gasteiger partial charge in [0.25, 0.3) is 0 Å². The maximum absolute atomic E-state index is 4.49. The first-order valence-electron chi connectivity index (χ1n) is 5.74. The number of rotatable bonds is 1. The standard InChI is InChI=1S/C11H17N3/c1-2-5-9-8(4-1)11(14-13-9)10-6-3-7-12-10/h10,12H,1-7H2,(H,13,14)/t10-/m0/s1. The van der Waals surface area contributed by atoms with Crippen LogP contribution in [0.2, 0.25) is 0 Å². The minimum Gasteiger partial charge on any atom is -0.309 e. The van der Waals surface area contributed by atoms with Crippen molar-refractivity contribution in [1.82, 2.24) is 15.5 Å². The Morgan fingerprint density at radius 2 is 2.07 bits per heavy atom. The minimum atomic E-state index is 0.535. The first-order valence-corrected chi connectivity index (χ1v) is 5.74. The molecular weight excluding hydrogens is 174 g/mol. The van der Waals surface area contributed by atoms with Crippen LogP contribution in [0, 0.1) is 0 Å². The summed E-state index contributed by atoms with van der Waals surface area (Å²) in [6.07, 6.45) is 7.66. The zero-order chi connectivity index (χ0) is 9.38. The number of hydrogen-bond donors (Lipinski definition) is 2. The normalized spacial score (nSPS) is 26.4. The maximum Gasteiger partial charge on any atom is 0.0826 e. The summed E-state index contributed by atoms with van der Waals surface area (Å²) in [6, 6.07) is 0.535. The quantitative estimate of drug-likeness (QED) is 0.709. The van der Waals surface area contributed by atoms with Crippen LogP contribution in [-0.2, 0) is 12.8 Å². The summed E-state index contributed by atoms with van der Waals surface area (Å²) in [5, 5.41) is 11.2. The summed E-state index contributed by atoms with van der Waals surface area (Å²) in [7, 11) is 0. The predicted octanol–water partition coefficient (Wildman–Crippen LogP) is 1.71. The zero-order valence-corrected chi connectivity index (χ0v) is 8.47.